The van der Waals surface area contributed by atoms with E-state index in [0.29, 0.717) is 6.54 Å². The molecule has 0 bridgehead atoms. The van der Waals surface area contributed by atoms with Crippen LogP contribution >= 0.6 is 0 Å². The first-order valence-electron chi connectivity index (χ1n) is 5.93. The van der Waals surface area contributed by atoms with Gasteiger partial charge in [-0.05, 0) is 43.7 Å². The van der Waals surface area contributed by atoms with Gasteiger partial charge in [0.15, 0.2) is 0 Å². The fraction of sp³-hybridized carbons (Fsp3) is 0.615. The normalized spacial score (nSPS) is 29.9. The molecule has 0 radical (unpaired) electrons. The van der Waals surface area contributed by atoms with E-state index >= 15 is 0 Å². The van der Waals surface area contributed by atoms with Crippen LogP contribution in [0.5, 0.6) is 0 Å². The maximum Gasteiger partial charge on any atom is 0.117 e. The first kappa shape index (κ1) is 11.2. The minimum Gasteiger partial charge on any atom is -0.468 e. The third-order valence-electron chi connectivity index (χ3n) is 3.52. The summed E-state index contributed by atoms with van der Waals surface area (Å²) in [6.07, 6.45) is 5.84. The molecule has 1 aromatic rings. The van der Waals surface area contributed by atoms with Crippen LogP contribution in [0.1, 0.15) is 38.4 Å². The lowest BCUT2D eigenvalue weighted by Gasteiger charge is -2.34. The van der Waals surface area contributed by atoms with Crippen molar-refractivity contribution in [3.05, 3.63) is 24.2 Å². The Bertz CT molecular complexity index is 356. The highest BCUT2D eigenvalue weighted by Crippen LogP contribution is 2.31. The highest BCUT2D eigenvalue weighted by Gasteiger charge is 2.33. The second-order valence-electron chi connectivity index (χ2n) is 4.81. The standard InChI is InChI=1S/C13H18N2O/c1-11-4-6-13(10-14,7-5-11)15-9-12-3-2-8-16-12/h2-3,8,11,15H,4-7,9H2,1H3. The number of furan rings is 1. The summed E-state index contributed by atoms with van der Waals surface area (Å²) in [6.45, 7) is 2.91. The van der Waals surface area contributed by atoms with Crippen molar-refractivity contribution in [2.24, 2.45) is 5.92 Å². The van der Waals surface area contributed by atoms with Gasteiger partial charge >= 0.3 is 0 Å². The molecule has 0 amide bonds. The molecule has 2 rings (SSSR count). The Morgan fingerprint density at radius 2 is 2.31 bits per heavy atom. The summed E-state index contributed by atoms with van der Waals surface area (Å²) in [4.78, 5) is 0. The van der Waals surface area contributed by atoms with Gasteiger partial charge in [-0.15, -0.1) is 0 Å². The van der Waals surface area contributed by atoms with Crippen LogP contribution in [-0.4, -0.2) is 5.54 Å². The minimum absolute atomic E-state index is 0.334. The summed E-state index contributed by atoms with van der Waals surface area (Å²) < 4.78 is 5.26. The maximum atomic E-state index is 9.31. The van der Waals surface area contributed by atoms with Crippen LogP contribution < -0.4 is 5.32 Å². The summed E-state index contributed by atoms with van der Waals surface area (Å²) in [6, 6.07) is 6.26. The van der Waals surface area contributed by atoms with E-state index in [9.17, 15) is 5.26 Å². The van der Waals surface area contributed by atoms with E-state index < -0.39 is 0 Å². The predicted octanol–water partition coefficient (Wildman–Crippen LogP) is 2.84. The predicted molar refractivity (Wildman–Crippen MR) is 61.5 cm³/mol. The van der Waals surface area contributed by atoms with Crippen LogP contribution in [0.15, 0.2) is 22.8 Å². The number of hydrogen-bond acceptors (Lipinski definition) is 3. The summed E-state index contributed by atoms with van der Waals surface area (Å²) in [5, 5.41) is 12.7. The Hall–Kier alpha value is -1.27. The zero-order chi connectivity index (χ0) is 11.4. The SMILES string of the molecule is CC1CCC(C#N)(NCc2ccco2)CC1. The van der Waals surface area contributed by atoms with E-state index in [2.05, 4.69) is 18.3 Å². The summed E-state index contributed by atoms with van der Waals surface area (Å²) in [5.74, 6) is 1.65. The fourth-order valence-electron chi connectivity index (χ4n) is 2.25. The molecule has 3 heteroatoms. The molecule has 3 nitrogen and oxygen atoms in total. The molecule has 0 spiro atoms. The number of rotatable bonds is 3. The second-order valence-corrected chi connectivity index (χ2v) is 4.81. The van der Waals surface area contributed by atoms with Gasteiger partial charge in [0.1, 0.15) is 11.3 Å². The molecular weight excluding hydrogens is 200 g/mol. The number of hydrogen-bond donors (Lipinski definition) is 1. The number of nitrogens with one attached hydrogen (secondary N) is 1. The van der Waals surface area contributed by atoms with Gasteiger partial charge in [0.25, 0.3) is 0 Å². The number of nitriles is 1. The average Bonchev–Trinajstić information content (AvgIpc) is 2.82. The summed E-state index contributed by atoms with van der Waals surface area (Å²) in [7, 11) is 0. The van der Waals surface area contributed by atoms with Crippen LogP contribution in [-0.2, 0) is 6.54 Å². The molecule has 0 atom stereocenters. The lowest BCUT2D eigenvalue weighted by atomic mass is 9.78. The van der Waals surface area contributed by atoms with E-state index in [4.69, 9.17) is 4.42 Å². The lowest BCUT2D eigenvalue weighted by Crippen LogP contribution is -2.46. The van der Waals surface area contributed by atoms with Crippen LogP contribution in [0.2, 0.25) is 0 Å². The molecule has 1 heterocycles. The van der Waals surface area contributed by atoms with Crippen LogP contribution in [0, 0.1) is 17.2 Å². The maximum absolute atomic E-state index is 9.31. The molecule has 16 heavy (non-hydrogen) atoms. The fourth-order valence-corrected chi connectivity index (χ4v) is 2.25. The molecule has 1 aromatic heterocycles. The first-order valence-corrected chi connectivity index (χ1v) is 5.93. The molecule has 1 aliphatic carbocycles. The van der Waals surface area contributed by atoms with Crippen LogP contribution in [0.25, 0.3) is 0 Å². The van der Waals surface area contributed by atoms with Crippen LogP contribution in [0.4, 0.5) is 0 Å². The first-order chi connectivity index (χ1) is 7.74. The Balaban J connectivity index is 1.93. The Labute approximate surface area is 96.4 Å². The second kappa shape index (κ2) is 4.71. The van der Waals surface area contributed by atoms with Crippen molar-refractivity contribution in [3.8, 4) is 6.07 Å². The van der Waals surface area contributed by atoms with Crippen molar-refractivity contribution in [1.82, 2.24) is 5.32 Å². The van der Waals surface area contributed by atoms with E-state index in [1.807, 2.05) is 12.1 Å². The van der Waals surface area contributed by atoms with Gasteiger partial charge in [-0.3, -0.25) is 5.32 Å². The molecule has 86 valence electrons. The van der Waals surface area contributed by atoms with E-state index in [1.54, 1.807) is 6.26 Å². The van der Waals surface area contributed by atoms with E-state index in [0.717, 1.165) is 37.4 Å². The van der Waals surface area contributed by atoms with Crippen molar-refractivity contribution in [3.63, 3.8) is 0 Å². The number of nitrogens with zero attached hydrogens (tertiary/aromatic N) is 1. The topological polar surface area (TPSA) is 49.0 Å². The summed E-state index contributed by atoms with van der Waals surface area (Å²) in [5.41, 5.74) is -0.334. The van der Waals surface area contributed by atoms with Crippen molar-refractivity contribution in [2.45, 2.75) is 44.7 Å². The zero-order valence-corrected chi connectivity index (χ0v) is 9.70. The monoisotopic (exact) mass is 218 g/mol. The third kappa shape index (κ3) is 2.45. The largest absolute Gasteiger partial charge is 0.468 e. The van der Waals surface area contributed by atoms with Gasteiger partial charge in [-0.25, -0.2) is 0 Å². The molecule has 1 fully saturated rings. The van der Waals surface area contributed by atoms with Gasteiger partial charge in [0, 0.05) is 0 Å². The third-order valence-corrected chi connectivity index (χ3v) is 3.52. The van der Waals surface area contributed by atoms with Crippen molar-refractivity contribution < 1.29 is 4.42 Å². The molecule has 0 unspecified atom stereocenters. The molecule has 0 saturated heterocycles. The highest BCUT2D eigenvalue weighted by molar-refractivity contribution is 5.10. The van der Waals surface area contributed by atoms with Gasteiger partial charge in [-0.1, -0.05) is 6.92 Å². The molecule has 0 aliphatic heterocycles. The van der Waals surface area contributed by atoms with Crippen LogP contribution in [0.3, 0.4) is 0 Å². The van der Waals surface area contributed by atoms with Gasteiger partial charge in [-0.2, -0.15) is 5.26 Å². The van der Waals surface area contributed by atoms with E-state index in [-0.39, 0.29) is 5.54 Å². The van der Waals surface area contributed by atoms with Crippen molar-refractivity contribution in [2.75, 3.05) is 0 Å². The summed E-state index contributed by atoms with van der Waals surface area (Å²) >= 11 is 0. The van der Waals surface area contributed by atoms with E-state index in [1.165, 1.54) is 0 Å². The quantitative estimate of drug-likeness (QED) is 0.848. The van der Waals surface area contributed by atoms with Gasteiger partial charge in [0.2, 0.25) is 0 Å². The lowest BCUT2D eigenvalue weighted by molar-refractivity contribution is 0.242. The van der Waals surface area contributed by atoms with Crippen molar-refractivity contribution >= 4 is 0 Å². The Morgan fingerprint density at radius 1 is 1.56 bits per heavy atom. The molecular formula is C13H18N2O. The Morgan fingerprint density at radius 3 is 2.88 bits per heavy atom. The minimum atomic E-state index is -0.334. The zero-order valence-electron chi connectivity index (χ0n) is 9.70. The molecule has 1 saturated carbocycles. The molecule has 1 aliphatic rings. The molecule has 1 N–H and O–H groups in total. The average molecular weight is 218 g/mol. The highest BCUT2D eigenvalue weighted by atomic mass is 16.3. The Kier molecular flexibility index (Phi) is 3.31. The smallest absolute Gasteiger partial charge is 0.117 e. The molecule has 0 aromatic carbocycles. The van der Waals surface area contributed by atoms with Crippen molar-refractivity contribution in [1.29, 1.82) is 5.26 Å². The van der Waals surface area contributed by atoms with Gasteiger partial charge < -0.3 is 4.42 Å². The van der Waals surface area contributed by atoms with Gasteiger partial charge in [0.05, 0.1) is 18.9 Å².